The normalized spacial score (nSPS) is 18.1. The number of nitrogens with zero attached hydrogens (tertiary/aromatic N) is 3. The van der Waals surface area contributed by atoms with Gasteiger partial charge in [0.15, 0.2) is 0 Å². The van der Waals surface area contributed by atoms with Gasteiger partial charge in [-0.3, -0.25) is 0 Å². The summed E-state index contributed by atoms with van der Waals surface area (Å²) in [5.74, 6) is 0.294. The van der Waals surface area contributed by atoms with Gasteiger partial charge in [-0.05, 0) is 58.2 Å². The average Bonchev–Trinajstić information content (AvgIpc) is 2.99. The van der Waals surface area contributed by atoms with Crippen LogP contribution in [0.15, 0.2) is 24.4 Å². The second-order valence-corrected chi connectivity index (χ2v) is 8.25. The summed E-state index contributed by atoms with van der Waals surface area (Å²) in [7, 11) is 1.73. The Morgan fingerprint density at radius 1 is 1.37 bits per heavy atom. The van der Waals surface area contributed by atoms with E-state index in [4.69, 9.17) is 9.47 Å². The number of carbonyl (C=O) groups is 1. The molecule has 1 aliphatic heterocycles. The lowest BCUT2D eigenvalue weighted by Gasteiger charge is -2.34. The van der Waals surface area contributed by atoms with E-state index in [1.807, 2.05) is 37.9 Å². The number of aryl methyl sites for hydroxylation is 1. The van der Waals surface area contributed by atoms with E-state index >= 15 is 0 Å². The fourth-order valence-electron chi connectivity index (χ4n) is 3.76. The zero-order valence-corrected chi connectivity index (χ0v) is 16.9. The molecule has 1 saturated heterocycles. The van der Waals surface area contributed by atoms with Gasteiger partial charge in [0.25, 0.3) is 0 Å². The van der Waals surface area contributed by atoms with Crippen LogP contribution in [0.4, 0.5) is 4.79 Å². The van der Waals surface area contributed by atoms with Gasteiger partial charge in [0.1, 0.15) is 11.2 Å². The highest BCUT2D eigenvalue weighted by atomic mass is 16.6. The van der Waals surface area contributed by atoms with Crippen molar-refractivity contribution in [3.05, 3.63) is 30.1 Å². The number of fused-ring (bicyclic) bond motifs is 1. The molecule has 0 N–H and O–H groups in total. The summed E-state index contributed by atoms with van der Waals surface area (Å²) < 4.78 is 13.1. The molecule has 1 aliphatic rings. The number of methoxy groups -OCH3 is 1. The van der Waals surface area contributed by atoms with E-state index in [2.05, 4.69) is 21.7 Å². The van der Waals surface area contributed by atoms with Gasteiger partial charge in [0.05, 0.1) is 0 Å². The SMILES string of the molecule is COCCCn1c(C2CCCN(C(=O)OC(C)(C)C)C2)cc2cccnc21. The summed E-state index contributed by atoms with van der Waals surface area (Å²) >= 11 is 0. The maximum absolute atomic E-state index is 12.5. The largest absolute Gasteiger partial charge is 0.444 e. The molecule has 1 amide bonds. The van der Waals surface area contributed by atoms with Gasteiger partial charge < -0.3 is 18.9 Å². The number of pyridine rings is 1. The van der Waals surface area contributed by atoms with Crippen LogP contribution in [-0.4, -0.2) is 53.0 Å². The average molecular weight is 373 g/mol. The Balaban J connectivity index is 1.83. The maximum atomic E-state index is 12.5. The lowest BCUT2D eigenvalue weighted by molar-refractivity contribution is 0.0196. The monoisotopic (exact) mass is 373 g/mol. The number of hydrogen-bond donors (Lipinski definition) is 0. The molecule has 0 bridgehead atoms. The molecule has 2 aromatic heterocycles. The van der Waals surface area contributed by atoms with Crippen molar-refractivity contribution in [2.45, 2.75) is 58.1 Å². The van der Waals surface area contributed by atoms with Crippen molar-refractivity contribution in [3.8, 4) is 0 Å². The first-order chi connectivity index (χ1) is 12.9. The van der Waals surface area contributed by atoms with Gasteiger partial charge in [0.2, 0.25) is 0 Å². The first-order valence-electron chi connectivity index (χ1n) is 9.80. The molecular formula is C21H31N3O3. The minimum atomic E-state index is -0.469. The number of hydrogen-bond acceptors (Lipinski definition) is 4. The molecule has 0 radical (unpaired) electrons. The molecule has 1 unspecified atom stereocenters. The molecule has 0 aliphatic carbocycles. The maximum Gasteiger partial charge on any atom is 0.410 e. The van der Waals surface area contributed by atoms with E-state index in [9.17, 15) is 4.79 Å². The number of rotatable bonds is 5. The summed E-state index contributed by atoms with van der Waals surface area (Å²) in [4.78, 5) is 19.0. The molecular weight excluding hydrogens is 342 g/mol. The topological polar surface area (TPSA) is 56.6 Å². The smallest absolute Gasteiger partial charge is 0.410 e. The quantitative estimate of drug-likeness (QED) is 0.738. The summed E-state index contributed by atoms with van der Waals surface area (Å²) in [5.41, 5.74) is 1.80. The van der Waals surface area contributed by atoms with Crippen molar-refractivity contribution in [2.24, 2.45) is 0 Å². The van der Waals surface area contributed by atoms with Crippen molar-refractivity contribution in [3.63, 3.8) is 0 Å². The zero-order chi connectivity index (χ0) is 19.4. The Hall–Kier alpha value is -2.08. The first-order valence-corrected chi connectivity index (χ1v) is 9.80. The molecule has 3 heterocycles. The Labute approximate surface area is 161 Å². The summed E-state index contributed by atoms with van der Waals surface area (Å²) in [6.07, 6.45) is 4.61. The number of ether oxygens (including phenoxy) is 2. The van der Waals surface area contributed by atoms with Gasteiger partial charge in [-0.2, -0.15) is 0 Å². The van der Waals surface area contributed by atoms with Gasteiger partial charge >= 0.3 is 6.09 Å². The number of aromatic nitrogens is 2. The Bertz CT molecular complexity index is 779. The lowest BCUT2D eigenvalue weighted by atomic mass is 9.94. The van der Waals surface area contributed by atoms with Crippen LogP contribution in [0.2, 0.25) is 0 Å². The Morgan fingerprint density at radius 3 is 2.93 bits per heavy atom. The Morgan fingerprint density at radius 2 is 2.19 bits per heavy atom. The highest BCUT2D eigenvalue weighted by Crippen LogP contribution is 2.32. The summed E-state index contributed by atoms with van der Waals surface area (Å²) in [6, 6.07) is 6.31. The van der Waals surface area contributed by atoms with E-state index in [0.717, 1.165) is 50.0 Å². The first kappa shape index (κ1) is 19.7. The van der Waals surface area contributed by atoms with Gasteiger partial charge in [-0.25, -0.2) is 9.78 Å². The number of piperidine rings is 1. The van der Waals surface area contributed by atoms with E-state index in [0.29, 0.717) is 12.5 Å². The van der Waals surface area contributed by atoms with Crippen LogP contribution in [0.1, 0.15) is 51.6 Å². The lowest BCUT2D eigenvalue weighted by Crippen LogP contribution is -2.42. The van der Waals surface area contributed by atoms with Crippen molar-refractivity contribution in [2.75, 3.05) is 26.8 Å². The summed E-state index contributed by atoms with van der Waals surface area (Å²) in [6.45, 7) is 8.76. The van der Waals surface area contributed by atoms with E-state index in [-0.39, 0.29) is 6.09 Å². The molecule has 6 nitrogen and oxygen atoms in total. The molecule has 148 valence electrons. The molecule has 0 spiro atoms. The van der Waals surface area contributed by atoms with Crippen LogP contribution in [0.25, 0.3) is 11.0 Å². The van der Waals surface area contributed by atoms with Crippen LogP contribution in [0, 0.1) is 0 Å². The van der Waals surface area contributed by atoms with Gasteiger partial charge in [0, 0.05) is 56.5 Å². The molecule has 0 saturated carbocycles. The number of likely N-dealkylation sites (tertiary alicyclic amines) is 1. The molecule has 0 aromatic carbocycles. The number of amides is 1. The predicted octanol–water partition coefficient (Wildman–Crippen LogP) is 4.19. The van der Waals surface area contributed by atoms with Gasteiger partial charge in [-0.1, -0.05) is 0 Å². The van der Waals surface area contributed by atoms with Crippen LogP contribution < -0.4 is 0 Å². The highest BCUT2D eigenvalue weighted by Gasteiger charge is 2.30. The fraction of sp³-hybridized carbons (Fsp3) is 0.619. The third kappa shape index (κ3) is 4.80. The standard InChI is InChI=1S/C21H31N3O3/c1-21(2,3)27-20(25)23-11-6-9-17(15-23)18-14-16-8-5-10-22-19(16)24(18)12-7-13-26-4/h5,8,10,14,17H,6-7,9,11-13,15H2,1-4H3. The predicted molar refractivity (Wildman–Crippen MR) is 106 cm³/mol. The highest BCUT2D eigenvalue weighted by molar-refractivity contribution is 5.77. The minimum absolute atomic E-state index is 0.215. The molecule has 1 fully saturated rings. The van der Waals surface area contributed by atoms with Crippen molar-refractivity contribution in [1.82, 2.24) is 14.5 Å². The number of carbonyl (C=O) groups excluding carboxylic acids is 1. The fourth-order valence-corrected chi connectivity index (χ4v) is 3.76. The van der Waals surface area contributed by atoms with Crippen LogP contribution in [0.5, 0.6) is 0 Å². The Kier molecular flexibility index (Phi) is 6.05. The molecule has 6 heteroatoms. The third-order valence-electron chi connectivity index (χ3n) is 4.91. The van der Waals surface area contributed by atoms with E-state index in [1.165, 1.54) is 5.69 Å². The molecule has 3 rings (SSSR count). The van der Waals surface area contributed by atoms with E-state index < -0.39 is 5.60 Å². The zero-order valence-electron chi connectivity index (χ0n) is 16.9. The molecule has 27 heavy (non-hydrogen) atoms. The third-order valence-corrected chi connectivity index (χ3v) is 4.91. The van der Waals surface area contributed by atoms with Crippen molar-refractivity contribution < 1.29 is 14.3 Å². The minimum Gasteiger partial charge on any atom is -0.444 e. The van der Waals surface area contributed by atoms with Crippen LogP contribution >= 0.6 is 0 Å². The van der Waals surface area contributed by atoms with Crippen LogP contribution in [0.3, 0.4) is 0 Å². The summed E-state index contributed by atoms with van der Waals surface area (Å²) in [5, 5.41) is 1.15. The van der Waals surface area contributed by atoms with Gasteiger partial charge in [-0.15, -0.1) is 0 Å². The molecule has 2 aromatic rings. The molecule has 1 atom stereocenters. The van der Waals surface area contributed by atoms with Crippen molar-refractivity contribution in [1.29, 1.82) is 0 Å². The second-order valence-electron chi connectivity index (χ2n) is 8.25. The second kappa shape index (κ2) is 8.30. The van der Waals surface area contributed by atoms with Crippen LogP contribution in [-0.2, 0) is 16.0 Å². The van der Waals surface area contributed by atoms with E-state index in [1.54, 1.807) is 7.11 Å². The van der Waals surface area contributed by atoms with Crippen molar-refractivity contribution >= 4 is 17.1 Å².